The van der Waals surface area contributed by atoms with Crippen molar-refractivity contribution >= 4 is 23.8 Å². The van der Waals surface area contributed by atoms with Crippen LogP contribution in [-0.4, -0.2) is 30.8 Å². The van der Waals surface area contributed by atoms with Gasteiger partial charge < -0.3 is 15.4 Å². The molecular weight excluding hydrogens is 336 g/mol. The maximum atomic E-state index is 12.0. The van der Waals surface area contributed by atoms with Gasteiger partial charge in [-0.2, -0.15) is 0 Å². The van der Waals surface area contributed by atoms with Crippen LogP contribution in [0.3, 0.4) is 0 Å². The molecule has 0 radical (unpaired) electrons. The van der Waals surface area contributed by atoms with Gasteiger partial charge in [-0.15, -0.1) is 11.8 Å². The molecule has 6 heteroatoms. The van der Waals surface area contributed by atoms with Crippen LogP contribution in [0.15, 0.2) is 65.6 Å². The normalized spacial score (nSPS) is 11.4. The Morgan fingerprint density at radius 2 is 1.68 bits per heavy atom. The molecule has 0 aliphatic carbocycles. The molecule has 0 spiro atoms. The third kappa shape index (κ3) is 7.30. The van der Waals surface area contributed by atoms with Crippen molar-refractivity contribution in [1.82, 2.24) is 10.6 Å². The zero-order valence-electron chi connectivity index (χ0n) is 14.1. The van der Waals surface area contributed by atoms with E-state index in [1.807, 2.05) is 60.7 Å². The molecule has 2 aromatic carbocycles. The largest absolute Gasteiger partial charge is 0.445 e. The highest BCUT2D eigenvalue weighted by Gasteiger charge is 2.17. The van der Waals surface area contributed by atoms with Crippen LogP contribution in [-0.2, 0) is 16.1 Å². The van der Waals surface area contributed by atoms with Gasteiger partial charge in [-0.3, -0.25) is 4.79 Å². The van der Waals surface area contributed by atoms with Crippen LogP contribution < -0.4 is 10.6 Å². The van der Waals surface area contributed by atoms with E-state index < -0.39 is 6.09 Å². The summed E-state index contributed by atoms with van der Waals surface area (Å²) >= 11 is 1.59. The van der Waals surface area contributed by atoms with Crippen LogP contribution in [0.2, 0.25) is 0 Å². The Hall–Kier alpha value is -2.47. The fourth-order valence-corrected chi connectivity index (χ4v) is 3.07. The van der Waals surface area contributed by atoms with Gasteiger partial charge in [0.15, 0.2) is 0 Å². The first kappa shape index (κ1) is 18.9. The van der Waals surface area contributed by atoms with E-state index in [1.54, 1.807) is 18.8 Å². The molecule has 0 saturated carbocycles. The van der Waals surface area contributed by atoms with Crippen molar-refractivity contribution < 1.29 is 14.3 Å². The van der Waals surface area contributed by atoms with Crippen molar-refractivity contribution in [3.8, 4) is 0 Å². The summed E-state index contributed by atoms with van der Waals surface area (Å²) in [4.78, 5) is 24.8. The molecule has 2 rings (SSSR count). The van der Waals surface area contributed by atoms with Gasteiger partial charge in [0.1, 0.15) is 6.61 Å². The van der Waals surface area contributed by atoms with Crippen molar-refractivity contribution in [3.05, 3.63) is 66.2 Å². The lowest BCUT2D eigenvalue weighted by atomic mass is 10.2. The van der Waals surface area contributed by atoms with Crippen LogP contribution >= 0.6 is 11.8 Å². The zero-order chi connectivity index (χ0) is 17.9. The van der Waals surface area contributed by atoms with Gasteiger partial charge in [0.05, 0.1) is 6.04 Å². The molecule has 25 heavy (non-hydrogen) atoms. The predicted octanol–water partition coefficient (Wildman–Crippen LogP) is 3.21. The molecule has 0 saturated heterocycles. The van der Waals surface area contributed by atoms with E-state index >= 15 is 0 Å². The smallest absolute Gasteiger partial charge is 0.407 e. The van der Waals surface area contributed by atoms with Gasteiger partial charge in [0, 0.05) is 24.1 Å². The number of rotatable bonds is 8. The Morgan fingerprint density at radius 3 is 2.32 bits per heavy atom. The van der Waals surface area contributed by atoms with Crippen molar-refractivity contribution in [2.75, 3.05) is 12.8 Å². The number of thioether (sulfide) groups is 1. The molecule has 0 aliphatic heterocycles. The number of ether oxygens (including phenoxy) is 1. The Bertz CT molecular complexity index is 665. The average Bonchev–Trinajstić information content (AvgIpc) is 2.66. The Morgan fingerprint density at radius 1 is 1.04 bits per heavy atom. The second kappa shape index (κ2) is 10.4. The quantitative estimate of drug-likeness (QED) is 0.711. The van der Waals surface area contributed by atoms with Crippen LogP contribution in [0.5, 0.6) is 0 Å². The number of alkyl carbamates (subject to hydrolysis) is 1. The van der Waals surface area contributed by atoms with E-state index in [4.69, 9.17) is 4.74 Å². The number of nitrogens with one attached hydrogen (secondary N) is 2. The number of carbonyl (C=O) groups excluding carboxylic acids is 2. The van der Waals surface area contributed by atoms with E-state index in [0.717, 1.165) is 10.5 Å². The fraction of sp³-hybridized carbons (Fsp3) is 0.263. The highest BCUT2D eigenvalue weighted by atomic mass is 32.2. The summed E-state index contributed by atoms with van der Waals surface area (Å²) in [6.07, 6.45) is -0.317. The highest BCUT2D eigenvalue weighted by Crippen LogP contribution is 2.19. The van der Waals surface area contributed by atoms with Crippen molar-refractivity contribution in [2.24, 2.45) is 0 Å². The second-order valence-corrected chi connectivity index (χ2v) is 6.50. The lowest BCUT2D eigenvalue weighted by Gasteiger charge is -2.17. The number of carbonyl (C=O) groups is 2. The summed E-state index contributed by atoms with van der Waals surface area (Å²) in [5.74, 6) is 0.458. The minimum absolute atomic E-state index is 0.123. The Kier molecular flexibility index (Phi) is 7.85. The van der Waals surface area contributed by atoms with E-state index in [-0.39, 0.29) is 25.0 Å². The van der Waals surface area contributed by atoms with E-state index in [1.165, 1.54) is 0 Å². The van der Waals surface area contributed by atoms with Crippen molar-refractivity contribution in [1.29, 1.82) is 0 Å². The van der Waals surface area contributed by atoms with E-state index in [2.05, 4.69) is 10.6 Å². The van der Waals surface area contributed by atoms with E-state index in [9.17, 15) is 9.59 Å². The SMILES string of the molecule is CNC(=O)C[C@@H](CSc1ccccc1)NC(=O)OCc1ccccc1. The lowest BCUT2D eigenvalue weighted by Crippen LogP contribution is -2.40. The van der Waals surface area contributed by atoms with Gasteiger partial charge in [-0.25, -0.2) is 4.79 Å². The minimum Gasteiger partial charge on any atom is -0.445 e. The zero-order valence-corrected chi connectivity index (χ0v) is 14.9. The van der Waals surface area contributed by atoms with Gasteiger partial charge in [-0.05, 0) is 17.7 Å². The molecule has 0 fully saturated rings. The first-order chi connectivity index (χ1) is 12.2. The molecule has 2 N–H and O–H groups in total. The highest BCUT2D eigenvalue weighted by molar-refractivity contribution is 7.99. The molecule has 2 aromatic rings. The predicted molar refractivity (Wildman–Crippen MR) is 99.4 cm³/mol. The molecule has 0 aromatic heterocycles. The third-order valence-corrected chi connectivity index (χ3v) is 4.61. The summed E-state index contributed by atoms with van der Waals surface area (Å²) in [6, 6.07) is 19.0. The number of benzene rings is 2. The topological polar surface area (TPSA) is 67.4 Å². The molecule has 5 nitrogen and oxygen atoms in total. The monoisotopic (exact) mass is 358 g/mol. The van der Waals surface area contributed by atoms with Crippen molar-refractivity contribution in [2.45, 2.75) is 24.0 Å². The lowest BCUT2D eigenvalue weighted by molar-refractivity contribution is -0.120. The van der Waals surface area contributed by atoms with Gasteiger partial charge in [0.25, 0.3) is 0 Å². The molecule has 1 atom stereocenters. The molecule has 0 unspecified atom stereocenters. The summed E-state index contributed by atoms with van der Waals surface area (Å²) in [6.45, 7) is 0.200. The van der Waals surface area contributed by atoms with Crippen LogP contribution in [0.4, 0.5) is 4.79 Å². The van der Waals surface area contributed by atoms with E-state index in [0.29, 0.717) is 5.75 Å². The maximum Gasteiger partial charge on any atom is 0.407 e. The maximum absolute atomic E-state index is 12.0. The third-order valence-electron chi connectivity index (χ3n) is 3.44. The van der Waals surface area contributed by atoms with Gasteiger partial charge >= 0.3 is 6.09 Å². The Balaban J connectivity index is 1.85. The van der Waals surface area contributed by atoms with Crippen molar-refractivity contribution in [3.63, 3.8) is 0 Å². The molecule has 0 aliphatic rings. The second-order valence-electron chi connectivity index (χ2n) is 5.40. The minimum atomic E-state index is -0.522. The van der Waals surface area contributed by atoms with Gasteiger partial charge in [-0.1, -0.05) is 48.5 Å². The van der Waals surface area contributed by atoms with Gasteiger partial charge in [0.2, 0.25) is 5.91 Å². The fourth-order valence-electron chi connectivity index (χ4n) is 2.12. The summed E-state index contributed by atoms with van der Waals surface area (Å²) in [7, 11) is 1.58. The summed E-state index contributed by atoms with van der Waals surface area (Å²) < 4.78 is 5.23. The summed E-state index contributed by atoms with van der Waals surface area (Å²) in [5.41, 5.74) is 0.916. The van der Waals surface area contributed by atoms with Crippen LogP contribution in [0.25, 0.3) is 0 Å². The molecule has 2 amide bonds. The number of amides is 2. The Labute approximate surface area is 152 Å². The standard InChI is InChI=1S/C19H22N2O3S/c1-20-18(22)12-16(14-25-17-10-6-3-7-11-17)21-19(23)24-13-15-8-4-2-5-9-15/h2-11,16H,12-14H2,1H3,(H,20,22)(H,21,23)/t16-/m0/s1. The molecular formula is C19H22N2O3S. The number of hydrogen-bond donors (Lipinski definition) is 2. The first-order valence-electron chi connectivity index (χ1n) is 8.03. The summed E-state index contributed by atoms with van der Waals surface area (Å²) in [5, 5.41) is 5.36. The average molecular weight is 358 g/mol. The van der Waals surface area contributed by atoms with Crippen LogP contribution in [0.1, 0.15) is 12.0 Å². The molecule has 0 heterocycles. The van der Waals surface area contributed by atoms with Crippen LogP contribution in [0, 0.1) is 0 Å². The number of hydrogen-bond acceptors (Lipinski definition) is 4. The molecule has 132 valence electrons. The molecule has 0 bridgehead atoms. The first-order valence-corrected chi connectivity index (χ1v) is 9.01.